The molecular weight excluding hydrogens is 465 g/mol. The van der Waals surface area contributed by atoms with Gasteiger partial charge in [-0.15, -0.1) is 0 Å². The molecule has 0 bridgehead atoms. The maximum Gasteiger partial charge on any atom is 0.258 e. The molecule has 36 heavy (non-hydrogen) atoms. The summed E-state index contributed by atoms with van der Waals surface area (Å²) in [5.74, 6) is -1.11. The fraction of sp³-hybridized carbons (Fsp3) is 0.0769. The van der Waals surface area contributed by atoms with Crippen molar-refractivity contribution in [1.29, 1.82) is 0 Å². The van der Waals surface area contributed by atoms with Crippen molar-refractivity contribution >= 4 is 35.0 Å². The molecule has 0 saturated carbocycles. The summed E-state index contributed by atoms with van der Waals surface area (Å²) >= 11 is 0. The summed E-state index contributed by atoms with van der Waals surface area (Å²) in [5, 5.41) is 8.14. The molecule has 0 spiro atoms. The Morgan fingerprint density at radius 2 is 1.58 bits per heavy atom. The van der Waals surface area contributed by atoms with Gasteiger partial charge in [-0.2, -0.15) is 4.98 Å². The van der Waals surface area contributed by atoms with Gasteiger partial charge in [0.15, 0.2) is 0 Å². The van der Waals surface area contributed by atoms with E-state index in [0.717, 1.165) is 0 Å². The first-order valence-electron chi connectivity index (χ1n) is 11.0. The second-order valence-electron chi connectivity index (χ2n) is 8.04. The molecule has 0 saturated heterocycles. The zero-order valence-corrected chi connectivity index (χ0v) is 18.7. The number of rotatable bonds is 6. The Morgan fingerprint density at radius 3 is 2.31 bits per heavy atom. The lowest BCUT2D eigenvalue weighted by atomic mass is 9.92. The molecular formula is C26H20FN5O4. The summed E-state index contributed by atoms with van der Waals surface area (Å²) in [7, 11) is 0. The first-order valence-corrected chi connectivity index (χ1v) is 11.0. The van der Waals surface area contributed by atoms with Crippen molar-refractivity contribution in [1.82, 2.24) is 9.97 Å². The maximum atomic E-state index is 13.1. The Hall–Kier alpha value is -4.99. The van der Waals surface area contributed by atoms with E-state index in [4.69, 9.17) is 4.74 Å². The monoisotopic (exact) mass is 485 g/mol. The van der Waals surface area contributed by atoms with Crippen molar-refractivity contribution in [2.24, 2.45) is 0 Å². The van der Waals surface area contributed by atoms with Crippen LogP contribution in [0.3, 0.4) is 0 Å². The summed E-state index contributed by atoms with van der Waals surface area (Å²) in [6.45, 7) is 0. The van der Waals surface area contributed by atoms with Gasteiger partial charge in [-0.25, -0.2) is 4.39 Å². The first kappa shape index (κ1) is 22.8. The predicted octanol–water partition coefficient (Wildman–Crippen LogP) is 4.51. The molecule has 3 aromatic carbocycles. The number of nitrogens with one attached hydrogen (secondary N) is 4. The molecule has 1 aromatic heterocycles. The van der Waals surface area contributed by atoms with Gasteiger partial charge in [0.05, 0.1) is 11.5 Å². The Balaban J connectivity index is 1.33. The van der Waals surface area contributed by atoms with Crippen molar-refractivity contribution in [3.05, 3.63) is 101 Å². The second-order valence-corrected chi connectivity index (χ2v) is 8.04. The van der Waals surface area contributed by atoms with Crippen LogP contribution in [0.25, 0.3) is 0 Å². The van der Waals surface area contributed by atoms with Crippen LogP contribution in [-0.4, -0.2) is 21.8 Å². The molecule has 10 heteroatoms. The number of hydrogen-bond acceptors (Lipinski definition) is 6. The van der Waals surface area contributed by atoms with Crippen molar-refractivity contribution in [2.45, 2.75) is 12.3 Å². The largest absolute Gasteiger partial charge is 0.457 e. The molecule has 0 unspecified atom stereocenters. The Labute approximate surface area is 204 Å². The number of nitrogens with zero attached hydrogens (tertiary/aromatic N) is 1. The number of carbonyl (C=O) groups excluding carboxylic acids is 2. The van der Waals surface area contributed by atoms with E-state index in [9.17, 15) is 18.8 Å². The number of carbonyl (C=O) groups is 2. The molecule has 1 aliphatic rings. The lowest BCUT2D eigenvalue weighted by molar-refractivity contribution is -0.123. The van der Waals surface area contributed by atoms with Gasteiger partial charge in [0.25, 0.3) is 5.56 Å². The molecule has 4 N–H and O–H groups in total. The van der Waals surface area contributed by atoms with Crippen LogP contribution in [0.5, 0.6) is 11.5 Å². The number of benzene rings is 3. The smallest absolute Gasteiger partial charge is 0.258 e. The maximum absolute atomic E-state index is 13.1. The number of H-pyrrole nitrogens is 1. The zero-order valence-electron chi connectivity index (χ0n) is 18.7. The van der Waals surface area contributed by atoms with Crippen molar-refractivity contribution in [3.63, 3.8) is 0 Å². The highest BCUT2D eigenvalue weighted by Crippen LogP contribution is 2.30. The third-order valence-electron chi connectivity index (χ3n) is 5.48. The highest BCUT2D eigenvalue weighted by atomic mass is 19.1. The number of fused-ring (bicyclic) bond motifs is 1. The van der Waals surface area contributed by atoms with Crippen LogP contribution < -0.4 is 26.2 Å². The predicted molar refractivity (Wildman–Crippen MR) is 132 cm³/mol. The van der Waals surface area contributed by atoms with Gasteiger partial charge in [-0.05, 0) is 60.7 Å². The average molecular weight is 485 g/mol. The Kier molecular flexibility index (Phi) is 6.14. The van der Waals surface area contributed by atoms with Crippen LogP contribution in [0, 0.1) is 5.82 Å². The van der Waals surface area contributed by atoms with Crippen molar-refractivity contribution < 1.29 is 18.7 Å². The van der Waals surface area contributed by atoms with E-state index >= 15 is 0 Å². The van der Waals surface area contributed by atoms with E-state index in [1.165, 1.54) is 24.3 Å². The SMILES string of the molecule is O=C1C[C@@H](C(=O)Nc2ccc(Oc3ccccc3)cc2)c2c(nc(Nc3ccc(F)cc3)[nH]c2=O)N1. The molecule has 0 radical (unpaired) electrons. The lowest BCUT2D eigenvalue weighted by Gasteiger charge is -2.23. The molecule has 4 aromatic rings. The van der Waals surface area contributed by atoms with E-state index in [-0.39, 0.29) is 23.8 Å². The van der Waals surface area contributed by atoms with Gasteiger partial charge in [0.1, 0.15) is 23.1 Å². The summed E-state index contributed by atoms with van der Waals surface area (Å²) in [6, 6.07) is 21.4. The van der Waals surface area contributed by atoms with Crippen LogP contribution in [0.1, 0.15) is 17.9 Å². The van der Waals surface area contributed by atoms with Gasteiger partial charge >= 0.3 is 0 Å². The third-order valence-corrected chi connectivity index (χ3v) is 5.48. The topological polar surface area (TPSA) is 125 Å². The molecule has 0 aliphatic carbocycles. The van der Waals surface area contributed by atoms with Gasteiger partial charge < -0.3 is 20.7 Å². The van der Waals surface area contributed by atoms with Gasteiger partial charge in [0.2, 0.25) is 17.8 Å². The standard InChI is InChI=1S/C26H20FN5O4/c27-15-6-8-17(9-7-15)29-26-31-23-22(25(35)32-26)20(14-21(33)30-23)24(34)28-16-10-12-19(13-11-16)36-18-4-2-1-3-5-18/h1-13,20H,14H2,(H,28,34)(H3,29,30,31,32,33,35)/t20-/m1/s1. The molecule has 1 atom stereocenters. The minimum atomic E-state index is -1.04. The molecule has 0 fully saturated rings. The summed E-state index contributed by atoms with van der Waals surface area (Å²) in [6.07, 6.45) is -0.205. The molecule has 2 amide bonds. The van der Waals surface area contributed by atoms with Crippen LogP contribution in [0.4, 0.5) is 27.5 Å². The van der Waals surface area contributed by atoms with Crippen LogP contribution in [-0.2, 0) is 9.59 Å². The number of anilines is 4. The Bertz CT molecular complexity index is 1470. The highest BCUT2D eigenvalue weighted by molar-refractivity contribution is 6.04. The fourth-order valence-electron chi connectivity index (χ4n) is 3.78. The van der Waals surface area contributed by atoms with E-state index in [1.807, 2.05) is 30.3 Å². The molecule has 9 nitrogen and oxygen atoms in total. The minimum Gasteiger partial charge on any atom is -0.457 e. The lowest BCUT2D eigenvalue weighted by Crippen LogP contribution is -2.36. The molecule has 1 aliphatic heterocycles. The first-order chi connectivity index (χ1) is 17.4. The van der Waals surface area contributed by atoms with Gasteiger partial charge in [-0.1, -0.05) is 18.2 Å². The second kappa shape index (κ2) is 9.71. The summed E-state index contributed by atoms with van der Waals surface area (Å²) in [4.78, 5) is 45.1. The number of hydrogen-bond donors (Lipinski definition) is 4. The van der Waals surface area contributed by atoms with E-state index < -0.39 is 29.1 Å². The quantitative estimate of drug-likeness (QED) is 0.319. The molecule has 5 rings (SSSR count). The summed E-state index contributed by atoms with van der Waals surface area (Å²) < 4.78 is 18.9. The average Bonchev–Trinajstić information content (AvgIpc) is 2.86. The third kappa shape index (κ3) is 5.07. The number of halogens is 1. The highest BCUT2D eigenvalue weighted by Gasteiger charge is 2.34. The Morgan fingerprint density at radius 1 is 0.917 bits per heavy atom. The molecule has 180 valence electrons. The van der Waals surface area contributed by atoms with Crippen LogP contribution in [0.15, 0.2) is 83.7 Å². The van der Waals surface area contributed by atoms with Crippen LogP contribution in [0.2, 0.25) is 0 Å². The number of para-hydroxylation sites is 1. The van der Waals surface area contributed by atoms with Gasteiger partial charge in [0, 0.05) is 17.8 Å². The van der Waals surface area contributed by atoms with Crippen LogP contribution >= 0.6 is 0 Å². The number of ether oxygens (including phenoxy) is 1. The fourth-order valence-corrected chi connectivity index (χ4v) is 3.78. The zero-order chi connectivity index (χ0) is 25.1. The van der Waals surface area contributed by atoms with Crippen molar-refractivity contribution in [3.8, 4) is 11.5 Å². The summed E-state index contributed by atoms with van der Waals surface area (Å²) in [5.41, 5.74) is 0.444. The normalized spacial score (nSPS) is 14.4. The number of aromatic amines is 1. The van der Waals surface area contributed by atoms with E-state index in [1.54, 1.807) is 24.3 Å². The number of amides is 2. The number of aromatic nitrogens is 2. The van der Waals surface area contributed by atoms with E-state index in [2.05, 4.69) is 25.9 Å². The van der Waals surface area contributed by atoms with Gasteiger partial charge in [-0.3, -0.25) is 19.4 Å². The van der Waals surface area contributed by atoms with Crippen molar-refractivity contribution in [2.75, 3.05) is 16.0 Å². The minimum absolute atomic E-state index is 0.00799. The van der Waals surface area contributed by atoms with E-state index in [0.29, 0.717) is 22.9 Å². The molecule has 2 heterocycles.